The Bertz CT molecular complexity index is 536. The maximum Gasteiger partial charge on any atom is 0.407 e. The van der Waals surface area contributed by atoms with Crippen molar-refractivity contribution in [2.24, 2.45) is 11.3 Å². The van der Waals surface area contributed by atoms with Crippen LogP contribution in [0.3, 0.4) is 0 Å². The minimum atomic E-state index is -1.87. The van der Waals surface area contributed by atoms with E-state index in [1.807, 2.05) is 0 Å². The van der Waals surface area contributed by atoms with Crippen molar-refractivity contribution in [2.75, 3.05) is 6.54 Å². The third-order valence-electron chi connectivity index (χ3n) is 3.93. The van der Waals surface area contributed by atoms with Crippen molar-refractivity contribution in [1.82, 2.24) is 4.90 Å². The Labute approximate surface area is 121 Å². The molecule has 6 heteroatoms. The maximum atomic E-state index is 14.6. The van der Waals surface area contributed by atoms with Gasteiger partial charge < -0.3 is 10.0 Å². The molecule has 1 amide bonds. The third kappa shape index (κ3) is 2.71. The van der Waals surface area contributed by atoms with Gasteiger partial charge in [0.1, 0.15) is 17.8 Å². The Morgan fingerprint density at radius 1 is 1.33 bits per heavy atom. The van der Waals surface area contributed by atoms with Crippen molar-refractivity contribution in [3.63, 3.8) is 0 Å². The van der Waals surface area contributed by atoms with Gasteiger partial charge in [0.2, 0.25) is 0 Å². The lowest BCUT2D eigenvalue weighted by molar-refractivity contribution is -0.0690. The van der Waals surface area contributed by atoms with Crippen molar-refractivity contribution < 1.29 is 23.1 Å². The van der Waals surface area contributed by atoms with Crippen LogP contribution in [0.1, 0.15) is 32.5 Å². The highest BCUT2D eigenvalue weighted by Crippen LogP contribution is 2.46. The Balaban J connectivity index is 2.32. The van der Waals surface area contributed by atoms with Crippen molar-refractivity contribution >= 4 is 6.09 Å². The Hall–Kier alpha value is -1.72. The monoisotopic (exact) mass is 301 g/mol. The largest absolute Gasteiger partial charge is 0.465 e. The summed E-state index contributed by atoms with van der Waals surface area (Å²) in [4.78, 5) is 12.3. The first kappa shape index (κ1) is 15.7. The number of benzene rings is 1. The summed E-state index contributed by atoms with van der Waals surface area (Å²) in [7, 11) is 0. The molecular formula is C15H18F3NO2. The second kappa shape index (κ2) is 5.24. The van der Waals surface area contributed by atoms with Crippen LogP contribution in [0.15, 0.2) is 18.2 Å². The van der Waals surface area contributed by atoms with E-state index in [9.17, 15) is 18.0 Å². The molecule has 3 unspecified atom stereocenters. The third-order valence-corrected chi connectivity index (χ3v) is 3.93. The van der Waals surface area contributed by atoms with Crippen LogP contribution in [0, 0.1) is 23.0 Å². The molecule has 1 N–H and O–H groups in total. The number of hydrogen-bond donors (Lipinski definition) is 1. The molecule has 2 rings (SSSR count). The summed E-state index contributed by atoms with van der Waals surface area (Å²) in [5.74, 6) is -2.64. The molecule has 1 aliphatic rings. The minimum absolute atomic E-state index is 0.0633. The van der Waals surface area contributed by atoms with Gasteiger partial charge in [-0.2, -0.15) is 0 Å². The summed E-state index contributed by atoms with van der Waals surface area (Å²) in [5, 5.41) is 9.10. The molecule has 1 aromatic carbocycles. The van der Waals surface area contributed by atoms with Crippen LogP contribution in [0.4, 0.5) is 18.0 Å². The molecule has 0 radical (unpaired) electrons. The first-order valence-electron chi connectivity index (χ1n) is 6.72. The van der Waals surface area contributed by atoms with Gasteiger partial charge in [-0.15, -0.1) is 0 Å². The van der Waals surface area contributed by atoms with Crippen LogP contribution >= 0.6 is 0 Å². The first-order valence-corrected chi connectivity index (χ1v) is 6.72. The maximum absolute atomic E-state index is 14.6. The van der Waals surface area contributed by atoms with Gasteiger partial charge in [0.05, 0.1) is 5.56 Å². The van der Waals surface area contributed by atoms with Crippen LogP contribution in [0.5, 0.6) is 0 Å². The highest BCUT2D eigenvalue weighted by Gasteiger charge is 2.52. The predicted molar refractivity (Wildman–Crippen MR) is 71.7 cm³/mol. The normalized spacial score (nSPS) is 23.6. The van der Waals surface area contributed by atoms with Gasteiger partial charge in [-0.05, 0) is 17.5 Å². The number of nitrogens with zero attached hydrogens (tertiary/aromatic N) is 1. The summed E-state index contributed by atoms with van der Waals surface area (Å²) in [6, 6.07) is 2.56. The van der Waals surface area contributed by atoms with Crippen molar-refractivity contribution in [2.45, 2.75) is 33.0 Å². The highest BCUT2D eigenvalue weighted by molar-refractivity contribution is 5.67. The number of carbonyl (C=O) groups is 1. The molecule has 21 heavy (non-hydrogen) atoms. The van der Waals surface area contributed by atoms with Gasteiger partial charge in [0, 0.05) is 18.5 Å². The van der Waals surface area contributed by atoms with E-state index in [0.717, 1.165) is 17.0 Å². The fourth-order valence-corrected chi connectivity index (χ4v) is 3.08. The molecule has 1 saturated heterocycles. The summed E-state index contributed by atoms with van der Waals surface area (Å²) in [5.41, 5.74) is -1.13. The van der Waals surface area contributed by atoms with Crippen LogP contribution in [-0.4, -0.2) is 28.7 Å². The fraction of sp³-hybridized carbons (Fsp3) is 0.533. The van der Waals surface area contributed by atoms with E-state index in [-0.39, 0.29) is 6.54 Å². The number of hydrogen-bond acceptors (Lipinski definition) is 1. The van der Waals surface area contributed by atoms with E-state index in [1.54, 1.807) is 20.8 Å². The molecule has 3 nitrogen and oxygen atoms in total. The molecule has 0 spiro atoms. The van der Waals surface area contributed by atoms with Gasteiger partial charge >= 0.3 is 6.09 Å². The lowest BCUT2D eigenvalue weighted by Gasteiger charge is -2.53. The van der Waals surface area contributed by atoms with Crippen LogP contribution in [-0.2, 0) is 0 Å². The van der Waals surface area contributed by atoms with E-state index in [4.69, 9.17) is 5.11 Å². The minimum Gasteiger partial charge on any atom is -0.465 e. The number of likely N-dealkylation sites (tertiary alicyclic amines) is 1. The number of amides is 1. The topological polar surface area (TPSA) is 40.5 Å². The summed E-state index contributed by atoms with van der Waals surface area (Å²) in [6.45, 7) is 5.28. The standard InChI is InChI=1S/C15H18F3NO2/c1-15(2,3)13-8(7-19(13)14(20)21)12(18)11-9(16)5-4-6-10(11)17/h4-6,8,12-13H,7H2,1-3H3,(H,20,21). The zero-order valence-corrected chi connectivity index (χ0v) is 12.1. The molecule has 0 aliphatic carbocycles. The van der Waals surface area contributed by atoms with Gasteiger partial charge in [-0.25, -0.2) is 18.0 Å². The van der Waals surface area contributed by atoms with Gasteiger partial charge in [-0.3, -0.25) is 0 Å². The predicted octanol–water partition coefficient (Wildman–Crippen LogP) is 4.00. The van der Waals surface area contributed by atoms with E-state index >= 15 is 0 Å². The molecule has 1 aromatic rings. The lowest BCUT2D eigenvalue weighted by Crippen LogP contribution is -2.64. The summed E-state index contributed by atoms with van der Waals surface area (Å²) in [6.07, 6.45) is -3.02. The summed E-state index contributed by atoms with van der Waals surface area (Å²) >= 11 is 0. The average Bonchev–Trinajstić information content (AvgIpc) is 2.23. The molecule has 0 saturated carbocycles. The summed E-state index contributed by atoms with van der Waals surface area (Å²) < 4.78 is 42.0. The molecule has 1 heterocycles. The van der Waals surface area contributed by atoms with Crippen LogP contribution in [0.2, 0.25) is 0 Å². The van der Waals surface area contributed by atoms with E-state index < -0.39 is 46.8 Å². The van der Waals surface area contributed by atoms with E-state index in [1.165, 1.54) is 6.07 Å². The number of carboxylic acid groups (broad SMARTS) is 1. The smallest absolute Gasteiger partial charge is 0.407 e. The van der Waals surface area contributed by atoms with Crippen LogP contribution in [0.25, 0.3) is 0 Å². The molecule has 0 aromatic heterocycles. The number of rotatable bonds is 2. The van der Waals surface area contributed by atoms with Crippen molar-refractivity contribution in [1.29, 1.82) is 0 Å². The SMILES string of the molecule is CC(C)(C)C1C(C(F)c2c(F)cccc2F)CN1C(=O)O. The average molecular weight is 301 g/mol. The Morgan fingerprint density at radius 2 is 1.86 bits per heavy atom. The second-order valence-electron chi connectivity index (χ2n) is 6.45. The lowest BCUT2D eigenvalue weighted by atomic mass is 9.69. The number of halogens is 3. The molecule has 116 valence electrons. The van der Waals surface area contributed by atoms with E-state index in [2.05, 4.69) is 0 Å². The number of alkyl halides is 1. The first-order chi connectivity index (χ1) is 9.64. The van der Waals surface area contributed by atoms with E-state index in [0.29, 0.717) is 0 Å². The second-order valence-corrected chi connectivity index (χ2v) is 6.45. The van der Waals surface area contributed by atoms with Crippen molar-refractivity contribution in [3.8, 4) is 0 Å². The van der Waals surface area contributed by atoms with Gasteiger partial charge in [0.25, 0.3) is 0 Å². The fourth-order valence-electron chi connectivity index (χ4n) is 3.08. The van der Waals surface area contributed by atoms with Gasteiger partial charge in [-0.1, -0.05) is 26.8 Å². The molecule has 0 bridgehead atoms. The molecular weight excluding hydrogens is 283 g/mol. The quantitative estimate of drug-likeness (QED) is 0.897. The highest BCUT2D eigenvalue weighted by atomic mass is 19.2. The zero-order chi connectivity index (χ0) is 15.9. The zero-order valence-electron chi connectivity index (χ0n) is 12.1. The molecule has 1 aliphatic heterocycles. The Morgan fingerprint density at radius 3 is 2.29 bits per heavy atom. The van der Waals surface area contributed by atoms with Gasteiger partial charge in [0.15, 0.2) is 0 Å². The molecule has 3 atom stereocenters. The van der Waals surface area contributed by atoms with Crippen LogP contribution < -0.4 is 0 Å². The van der Waals surface area contributed by atoms with Crippen molar-refractivity contribution in [3.05, 3.63) is 35.4 Å². The molecule has 1 fully saturated rings. The Kier molecular flexibility index (Phi) is 3.91.